The van der Waals surface area contributed by atoms with E-state index in [2.05, 4.69) is 5.32 Å². The summed E-state index contributed by atoms with van der Waals surface area (Å²) in [5.74, 6) is 1.27. The molecule has 166 valence electrons. The zero-order valence-electron chi connectivity index (χ0n) is 18.0. The summed E-state index contributed by atoms with van der Waals surface area (Å²) in [6.45, 7) is 0.946. The maximum atomic E-state index is 13.2. The van der Waals surface area contributed by atoms with Crippen LogP contribution in [0.5, 0.6) is 11.5 Å². The standard InChI is InChI=1S/C27H24N2O3S/c30-26(25-13-7-20-33-25)28-18-8-19-29(27(31)21-9-3-1-4-10-21)22-14-16-24(17-15-22)32-23-11-5-2-6-12-23/h1-7,9-17,20H,8,18-19H2,(H,28,30). The molecule has 1 N–H and O–H groups in total. The minimum absolute atomic E-state index is 0.0862. The molecule has 0 saturated carbocycles. The molecule has 0 unspecified atom stereocenters. The number of para-hydroxylation sites is 1. The number of rotatable bonds is 9. The lowest BCUT2D eigenvalue weighted by Gasteiger charge is -2.23. The topological polar surface area (TPSA) is 58.6 Å². The van der Waals surface area contributed by atoms with Crippen molar-refractivity contribution in [1.29, 1.82) is 0 Å². The van der Waals surface area contributed by atoms with Crippen molar-refractivity contribution < 1.29 is 14.3 Å². The molecule has 1 heterocycles. The highest BCUT2D eigenvalue weighted by Gasteiger charge is 2.18. The number of anilines is 1. The van der Waals surface area contributed by atoms with Gasteiger partial charge in [-0.05, 0) is 66.4 Å². The van der Waals surface area contributed by atoms with Crippen molar-refractivity contribution in [3.63, 3.8) is 0 Å². The third kappa shape index (κ3) is 6.08. The van der Waals surface area contributed by atoms with E-state index in [0.717, 1.165) is 11.4 Å². The van der Waals surface area contributed by atoms with E-state index in [1.54, 1.807) is 23.1 Å². The number of hydrogen-bond acceptors (Lipinski definition) is 4. The van der Waals surface area contributed by atoms with Crippen LogP contribution in [0.2, 0.25) is 0 Å². The second kappa shape index (κ2) is 11.1. The SMILES string of the molecule is O=C(NCCCN(C(=O)c1ccccc1)c1ccc(Oc2ccccc2)cc1)c1cccs1. The van der Waals surface area contributed by atoms with Crippen molar-refractivity contribution >= 4 is 28.8 Å². The normalized spacial score (nSPS) is 10.4. The van der Waals surface area contributed by atoms with Crippen LogP contribution in [0.1, 0.15) is 26.5 Å². The summed E-state index contributed by atoms with van der Waals surface area (Å²) in [5.41, 5.74) is 1.39. The van der Waals surface area contributed by atoms with Gasteiger partial charge in [0, 0.05) is 24.3 Å². The lowest BCUT2D eigenvalue weighted by molar-refractivity contribution is 0.0957. The van der Waals surface area contributed by atoms with E-state index < -0.39 is 0 Å². The van der Waals surface area contributed by atoms with Crippen LogP contribution in [0.15, 0.2) is 102 Å². The van der Waals surface area contributed by atoms with Gasteiger partial charge in [-0.3, -0.25) is 9.59 Å². The summed E-state index contributed by atoms with van der Waals surface area (Å²) in [5, 5.41) is 4.80. The molecule has 3 aromatic carbocycles. The highest BCUT2D eigenvalue weighted by molar-refractivity contribution is 7.12. The Hall–Kier alpha value is -3.90. The van der Waals surface area contributed by atoms with Crippen LogP contribution >= 0.6 is 11.3 Å². The van der Waals surface area contributed by atoms with Gasteiger partial charge in [0.25, 0.3) is 11.8 Å². The Kier molecular flexibility index (Phi) is 7.51. The van der Waals surface area contributed by atoms with Crippen molar-refractivity contribution in [1.82, 2.24) is 5.32 Å². The van der Waals surface area contributed by atoms with Crippen LogP contribution in [0.3, 0.4) is 0 Å². The summed E-state index contributed by atoms with van der Waals surface area (Å²) in [6.07, 6.45) is 0.623. The summed E-state index contributed by atoms with van der Waals surface area (Å²) in [6, 6.07) is 29.9. The molecule has 0 radical (unpaired) electrons. The smallest absolute Gasteiger partial charge is 0.261 e. The van der Waals surface area contributed by atoms with E-state index in [1.165, 1.54) is 11.3 Å². The van der Waals surface area contributed by atoms with E-state index >= 15 is 0 Å². The first-order valence-electron chi connectivity index (χ1n) is 10.7. The number of benzene rings is 3. The summed E-state index contributed by atoms with van der Waals surface area (Å²) >= 11 is 1.41. The minimum atomic E-state index is -0.0895. The molecule has 2 amide bonds. The molecule has 0 aliphatic carbocycles. The van der Waals surface area contributed by atoms with Crippen LogP contribution in [0.4, 0.5) is 5.69 Å². The first-order valence-corrected chi connectivity index (χ1v) is 11.6. The van der Waals surface area contributed by atoms with Crippen molar-refractivity contribution in [2.45, 2.75) is 6.42 Å². The molecule has 1 aromatic heterocycles. The third-order valence-electron chi connectivity index (χ3n) is 4.98. The van der Waals surface area contributed by atoms with Gasteiger partial charge in [-0.2, -0.15) is 0 Å². The molecule has 6 heteroatoms. The van der Waals surface area contributed by atoms with Gasteiger partial charge in [-0.25, -0.2) is 0 Å². The Morgan fingerprint density at radius 2 is 1.45 bits per heavy atom. The van der Waals surface area contributed by atoms with Gasteiger partial charge in [-0.1, -0.05) is 42.5 Å². The Morgan fingerprint density at radius 1 is 0.788 bits per heavy atom. The van der Waals surface area contributed by atoms with Gasteiger partial charge in [0.05, 0.1) is 4.88 Å². The lowest BCUT2D eigenvalue weighted by atomic mass is 10.1. The monoisotopic (exact) mass is 456 g/mol. The Labute approximate surface area is 197 Å². The highest BCUT2D eigenvalue weighted by atomic mass is 32.1. The maximum Gasteiger partial charge on any atom is 0.261 e. The molecule has 5 nitrogen and oxygen atoms in total. The largest absolute Gasteiger partial charge is 0.457 e. The Morgan fingerprint density at radius 3 is 2.12 bits per heavy atom. The van der Waals surface area contributed by atoms with Crippen molar-refractivity contribution in [2.75, 3.05) is 18.0 Å². The third-order valence-corrected chi connectivity index (χ3v) is 5.85. The average Bonchev–Trinajstić information content (AvgIpc) is 3.41. The number of carbonyl (C=O) groups is 2. The number of amides is 2. The van der Waals surface area contributed by atoms with Gasteiger partial charge in [0.2, 0.25) is 0 Å². The second-order valence-corrected chi connectivity index (χ2v) is 8.27. The van der Waals surface area contributed by atoms with Crippen LogP contribution in [-0.2, 0) is 0 Å². The number of hydrogen-bond donors (Lipinski definition) is 1. The zero-order chi connectivity index (χ0) is 22.9. The molecule has 33 heavy (non-hydrogen) atoms. The van der Waals surface area contributed by atoms with Crippen molar-refractivity contribution in [3.05, 3.63) is 113 Å². The summed E-state index contributed by atoms with van der Waals surface area (Å²) in [7, 11) is 0. The first-order chi connectivity index (χ1) is 16.2. The molecule has 0 spiro atoms. The van der Waals surface area contributed by atoms with E-state index in [0.29, 0.717) is 35.7 Å². The lowest BCUT2D eigenvalue weighted by Crippen LogP contribution is -2.34. The van der Waals surface area contributed by atoms with Gasteiger partial charge < -0.3 is 15.0 Å². The zero-order valence-corrected chi connectivity index (χ0v) is 18.8. The van der Waals surface area contributed by atoms with Crippen LogP contribution in [-0.4, -0.2) is 24.9 Å². The average molecular weight is 457 g/mol. The van der Waals surface area contributed by atoms with E-state index in [-0.39, 0.29) is 11.8 Å². The molecular formula is C27H24N2O3S. The molecule has 0 bridgehead atoms. The first kappa shape index (κ1) is 22.3. The van der Waals surface area contributed by atoms with Crippen molar-refractivity contribution in [3.8, 4) is 11.5 Å². The molecule has 4 rings (SSSR count). The molecule has 0 atom stereocenters. The summed E-state index contributed by atoms with van der Waals surface area (Å²) < 4.78 is 5.87. The van der Waals surface area contributed by atoms with Gasteiger partial charge in [-0.15, -0.1) is 11.3 Å². The minimum Gasteiger partial charge on any atom is -0.457 e. The number of ether oxygens (including phenoxy) is 1. The quantitative estimate of drug-likeness (QED) is 0.314. The molecular weight excluding hydrogens is 432 g/mol. The number of nitrogens with zero attached hydrogens (tertiary/aromatic N) is 1. The van der Waals surface area contributed by atoms with Crippen LogP contribution in [0.25, 0.3) is 0 Å². The fourth-order valence-electron chi connectivity index (χ4n) is 3.34. The molecule has 0 saturated heterocycles. The predicted molar refractivity (Wildman–Crippen MR) is 132 cm³/mol. The maximum absolute atomic E-state index is 13.2. The number of carbonyl (C=O) groups excluding carboxylic acids is 2. The van der Waals surface area contributed by atoms with Gasteiger partial charge in [0.1, 0.15) is 11.5 Å². The molecule has 0 aliphatic heterocycles. The number of nitrogens with one attached hydrogen (secondary N) is 1. The van der Waals surface area contributed by atoms with Gasteiger partial charge >= 0.3 is 0 Å². The molecule has 0 aliphatic rings. The number of thiophene rings is 1. The Bertz CT molecular complexity index is 1160. The second-order valence-electron chi connectivity index (χ2n) is 7.32. The fraction of sp³-hybridized carbons (Fsp3) is 0.111. The molecule has 0 fully saturated rings. The van der Waals surface area contributed by atoms with Gasteiger partial charge in [0.15, 0.2) is 0 Å². The van der Waals surface area contributed by atoms with Crippen LogP contribution in [0, 0.1) is 0 Å². The van der Waals surface area contributed by atoms with Crippen molar-refractivity contribution in [2.24, 2.45) is 0 Å². The predicted octanol–water partition coefficient (Wildman–Crippen LogP) is 6.01. The van der Waals surface area contributed by atoms with E-state index in [1.807, 2.05) is 84.2 Å². The van der Waals surface area contributed by atoms with Crippen LogP contribution < -0.4 is 15.0 Å². The molecule has 4 aromatic rings. The summed E-state index contributed by atoms with van der Waals surface area (Å²) in [4.78, 5) is 27.8. The fourth-order valence-corrected chi connectivity index (χ4v) is 3.98. The highest BCUT2D eigenvalue weighted by Crippen LogP contribution is 2.25. The van der Waals surface area contributed by atoms with E-state index in [4.69, 9.17) is 4.74 Å². The van der Waals surface area contributed by atoms with E-state index in [9.17, 15) is 9.59 Å². The Balaban J connectivity index is 1.44.